The van der Waals surface area contributed by atoms with Crippen molar-refractivity contribution in [3.05, 3.63) is 69.7 Å². The lowest BCUT2D eigenvalue weighted by atomic mass is 10.2. The zero-order valence-corrected chi connectivity index (χ0v) is 15.6. The first-order chi connectivity index (χ1) is 12.5. The van der Waals surface area contributed by atoms with Gasteiger partial charge >= 0.3 is 6.03 Å². The van der Waals surface area contributed by atoms with E-state index in [0.29, 0.717) is 48.3 Å². The molecule has 0 aromatic heterocycles. The highest BCUT2D eigenvalue weighted by Crippen LogP contribution is 2.20. The molecule has 3 amide bonds. The highest BCUT2D eigenvalue weighted by Gasteiger charge is 2.25. The van der Waals surface area contributed by atoms with Crippen molar-refractivity contribution in [3.8, 4) is 0 Å². The quantitative estimate of drug-likeness (QED) is 0.867. The lowest BCUT2D eigenvalue weighted by Crippen LogP contribution is -2.53. The van der Waals surface area contributed by atoms with Gasteiger partial charge in [-0.15, -0.1) is 0 Å². The third-order valence-electron chi connectivity index (χ3n) is 4.25. The van der Waals surface area contributed by atoms with Gasteiger partial charge in [0.2, 0.25) is 0 Å². The molecular formula is C19H19Cl2N3O2. The Hall–Kier alpha value is -2.24. The second-order valence-corrected chi connectivity index (χ2v) is 6.95. The Morgan fingerprint density at radius 2 is 1.46 bits per heavy atom. The predicted octanol–water partition coefficient (Wildman–Crippen LogP) is 3.66. The van der Waals surface area contributed by atoms with Crippen LogP contribution < -0.4 is 5.32 Å². The SMILES string of the molecule is O=C(NCc1ccccc1)N1CCN(C(=O)c2cc(Cl)cc(Cl)c2)CC1. The summed E-state index contributed by atoms with van der Waals surface area (Å²) in [5.74, 6) is -0.126. The molecule has 0 atom stereocenters. The summed E-state index contributed by atoms with van der Waals surface area (Å²) >= 11 is 11.9. The molecule has 0 bridgehead atoms. The molecule has 26 heavy (non-hydrogen) atoms. The summed E-state index contributed by atoms with van der Waals surface area (Å²) in [6, 6.07) is 14.4. The van der Waals surface area contributed by atoms with Gasteiger partial charge < -0.3 is 15.1 Å². The van der Waals surface area contributed by atoms with E-state index in [4.69, 9.17) is 23.2 Å². The van der Waals surface area contributed by atoms with Gasteiger partial charge in [-0.1, -0.05) is 53.5 Å². The number of rotatable bonds is 3. The zero-order chi connectivity index (χ0) is 18.5. The number of nitrogens with one attached hydrogen (secondary N) is 1. The van der Waals surface area contributed by atoms with Crippen LogP contribution in [0.15, 0.2) is 48.5 Å². The van der Waals surface area contributed by atoms with Crippen molar-refractivity contribution in [2.45, 2.75) is 6.54 Å². The average Bonchev–Trinajstić information content (AvgIpc) is 2.65. The molecule has 136 valence electrons. The molecule has 1 N–H and O–H groups in total. The van der Waals surface area contributed by atoms with E-state index >= 15 is 0 Å². The first kappa shape index (κ1) is 18.5. The molecule has 0 saturated carbocycles. The van der Waals surface area contributed by atoms with Gasteiger partial charge in [0.05, 0.1) is 0 Å². The predicted molar refractivity (Wildman–Crippen MR) is 103 cm³/mol. The van der Waals surface area contributed by atoms with E-state index in [1.54, 1.807) is 28.0 Å². The number of urea groups is 1. The van der Waals surface area contributed by atoms with Crippen molar-refractivity contribution in [1.29, 1.82) is 0 Å². The Morgan fingerprint density at radius 3 is 2.08 bits per heavy atom. The standard InChI is InChI=1S/C19H19Cl2N3O2/c20-16-10-15(11-17(21)12-16)18(25)23-6-8-24(9-7-23)19(26)22-13-14-4-2-1-3-5-14/h1-5,10-12H,6-9,13H2,(H,22,26). The molecule has 7 heteroatoms. The van der Waals surface area contributed by atoms with Crippen molar-refractivity contribution < 1.29 is 9.59 Å². The van der Waals surface area contributed by atoms with Crippen molar-refractivity contribution in [3.63, 3.8) is 0 Å². The van der Waals surface area contributed by atoms with Crippen LogP contribution in [0.4, 0.5) is 4.79 Å². The molecular weight excluding hydrogens is 373 g/mol. The lowest BCUT2D eigenvalue weighted by molar-refractivity contribution is 0.0665. The minimum Gasteiger partial charge on any atom is -0.335 e. The van der Waals surface area contributed by atoms with Gasteiger partial charge in [0, 0.05) is 48.3 Å². The Kier molecular flexibility index (Phi) is 6.01. The van der Waals surface area contributed by atoms with Gasteiger partial charge in [0.15, 0.2) is 0 Å². The van der Waals surface area contributed by atoms with Crippen molar-refractivity contribution in [2.75, 3.05) is 26.2 Å². The minimum atomic E-state index is -0.126. The van der Waals surface area contributed by atoms with E-state index in [1.165, 1.54) is 0 Å². The van der Waals surface area contributed by atoms with E-state index in [1.807, 2.05) is 30.3 Å². The topological polar surface area (TPSA) is 52.7 Å². The summed E-state index contributed by atoms with van der Waals surface area (Å²) in [5, 5.41) is 3.77. The summed E-state index contributed by atoms with van der Waals surface area (Å²) in [5.41, 5.74) is 1.51. The van der Waals surface area contributed by atoms with Crippen LogP contribution >= 0.6 is 23.2 Å². The maximum Gasteiger partial charge on any atom is 0.317 e. The number of carbonyl (C=O) groups excluding carboxylic acids is 2. The fourth-order valence-electron chi connectivity index (χ4n) is 2.86. The maximum atomic E-state index is 12.6. The largest absolute Gasteiger partial charge is 0.335 e. The van der Waals surface area contributed by atoms with E-state index in [9.17, 15) is 9.59 Å². The van der Waals surface area contributed by atoms with Gasteiger partial charge in [0.25, 0.3) is 5.91 Å². The molecule has 0 radical (unpaired) electrons. The van der Waals surface area contributed by atoms with Crippen LogP contribution in [-0.4, -0.2) is 47.9 Å². The molecule has 5 nitrogen and oxygen atoms in total. The minimum absolute atomic E-state index is 0.119. The number of nitrogens with zero attached hydrogens (tertiary/aromatic N) is 2. The smallest absolute Gasteiger partial charge is 0.317 e. The van der Waals surface area contributed by atoms with Crippen LogP contribution in [0.2, 0.25) is 10.0 Å². The molecule has 2 aromatic carbocycles. The number of amides is 3. The maximum absolute atomic E-state index is 12.6. The summed E-state index contributed by atoms with van der Waals surface area (Å²) in [4.78, 5) is 28.3. The fourth-order valence-corrected chi connectivity index (χ4v) is 3.38. The van der Waals surface area contributed by atoms with Crippen molar-refractivity contribution in [1.82, 2.24) is 15.1 Å². The van der Waals surface area contributed by atoms with Gasteiger partial charge in [0.1, 0.15) is 0 Å². The first-order valence-corrected chi connectivity index (χ1v) is 9.10. The molecule has 1 aliphatic rings. The van der Waals surface area contributed by atoms with Gasteiger partial charge in [-0.2, -0.15) is 0 Å². The Labute approximate surface area is 162 Å². The van der Waals surface area contributed by atoms with E-state index in [2.05, 4.69) is 5.32 Å². The van der Waals surface area contributed by atoms with Crippen LogP contribution in [0.25, 0.3) is 0 Å². The number of hydrogen-bond acceptors (Lipinski definition) is 2. The Bertz CT molecular complexity index is 770. The van der Waals surface area contributed by atoms with E-state index in [0.717, 1.165) is 5.56 Å². The fraction of sp³-hybridized carbons (Fsp3) is 0.263. The third-order valence-corrected chi connectivity index (χ3v) is 4.69. The second-order valence-electron chi connectivity index (χ2n) is 6.08. The molecule has 1 saturated heterocycles. The Morgan fingerprint density at radius 1 is 0.885 bits per heavy atom. The third kappa shape index (κ3) is 4.68. The number of halogens is 2. The van der Waals surface area contributed by atoms with Crippen LogP contribution in [0.5, 0.6) is 0 Å². The van der Waals surface area contributed by atoms with Gasteiger partial charge in [-0.25, -0.2) is 4.79 Å². The summed E-state index contributed by atoms with van der Waals surface area (Å²) in [6.45, 7) is 2.41. The van der Waals surface area contributed by atoms with E-state index < -0.39 is 0 Å². The van der Waals surface area contributed by atoms with Gasteiger partial charge in [-0.3, -0.25) is 4.79 Å². The number of piperazine rings is 1. The summed E-state index contributed by atoms with van der Waals surface area (Å²) < 4.78 is 0. The average molecular weight is 392 g/mol. The van der Waals surface area contributed by atoms with Crippen LogP contribution in [-0.2, 0) is 6.54 Å². The number of benzene rings is 2. The van der Waals surface area contributed by atoms with Gasteiger partial charge in [-0.05, 0) is 23.8 Å². The highest BCUT2D eigenvalue weighted by atomic mass is 35.5. The first-order valence-electron chi connectivity index (χ1n) is 8.35. The molecule has 0 spiro atoms. The van der Waals surface area contributed by atoms with Crippen molar-refractivity contribution in [2.24, 2.45) is 0 Å². The van der Waals surface area contributed by atoms with E-state index in [-0.39, 0.29) is 11.9 Å². The lowest BCUT2D eigenvalue weighted by Gasteiger charge is -2.34. The van der Waals surface area contributed by atoms with Crippen LogP contribution in [0, 0.1) is 0 Å². The molecule has 1 heterocycles. The molecule has 1 aliphatic heterocycles. The second kappa shape index (κ2) is 8.43. The zero-order valence-electron chi connectivity index (χ0n) is 14.1. The van der Waals surface area contributed by atoms with Crippen LogP contribution in [0.1, 0.15) is 15.9 Å². The molecule has 0 aliphatic carbocycles. The summed E-state index contributed by atoms with van der Waals surface area (Å²) in [6.07, 6.45) is 0. The van der Waals surface area contributed by atoms with Crippen LogP contribution in [0.3, 0.4) is 0 Å². The number of carbonyl (C=O) groups is 2. The number of hydrogen-bond donors (Lipinski definition) is 1. The molecule has 2 aromatic rings. The molecule has 1 fully saturated rings. The monoisotopic (exact) mass is 391 g/mol. The highest BCUT2D eigenvalue weighted by molar-refractivity contribution is 6.35. The molecule has 0 unspecified atom stereocenters. The van der Waals surface area contributed by atoms with Crippen molar-refractivity contribution >= 4 is 35.1 Å². The normalized spacial score (nSPS) is 14.2. The summed E-state index contributed by atoms with van der Waals surface area (Å²) in [7, 11) is 0. The molecule has 3 rings (SSSR count). The Balaban J connectivity index is 1.52.